The van der Waals surface area contributed by atoms with Crippen LogP contribution in [0.2, 0.25) is 0 Å². The van der Waals surface area contributed by atoms with Crippen molar-refractivity contribution in [3.05, 3.63) is 48.0 Å². The molecule has 0 radical (unpaired) electrons. The molecule has 140 valence electrons. The minimum atomic E-state index is -0.526. The second-order valence-electron chi connectivity index (χ2n) is 7.37. The molecule has 26 heavy (non-hydrogen) atoms. The molecule has 2 N–H and O–H groups in total. The summed E-state index contributed by atoms with van der Waals surface area (Å²) < 4.78 is 0. The summed E-state index contributed by atoms with van der Waals surface area (Å²) in [6, 6.07) is 14.3. The molecule has 0 aliphatic carbocycles. The molecule has 4 heteroatoms. The lowest BCUT2D eigenvalue weighted by molar-refractivity contribution is -0.126. The van der Waals surface area contributed by atoms with E-state index < -0.39 is 6.10 Å². The summed E-state index contributed by atoms with van der Waals surface area (Å²) >= 11 is 0. The van der Waals surface area contributed by atoms with Crippen molar-refractivity contribution in [3.63, 3.8) is 0 Å². The summed E-state index contributed by atoms with van der Waals surface area (Å²) in [5.74, 6) is 0.216. The third-order valence-corrected chi connectivity index (χ3v) is 5.30. The Bertz CT molecular complexity index is 731. The molecule has 0 aromatic heterocycles. The van der Waals surface area contributed by atoms with Crippen molar-refractivity contribution < 1.29 is 9.90 Å². The van der Waals surface area contributed by atoms with Gasteiger partial charge in [-0.15, -0.1) is 0 Å². The molecule has 2 atom stereocenters. The molecule has 2 aromatic carbocycles. The van der Waals surface area contributed by atoms with Gasteiger partial charge in [0.1, 0.15) is 0 Å². The van der Waals surface area contributed by atoms with Crippen LogP contribution in [0.15, 0.2) is 42.5 Å². The number of nitrogens with zero attached hydrogens (tertiary/aromatic N) is 1. The summed E-state index contributed by atoms with van der Waals surface area (Å²) in [7, 11) is 0. The van der Waals surface area contributed by atoms with E-state index in [-0.39, 0.29) is 11.8 Å². The standard InChI is InChI=1S/C22H30N2O2/c1-2-3-12-23-22(26)20-9-6-13-24(15-20)16-21(25)19-11-10-17-7-4-5-8-18(17)14-19/h4-5,7-8,10-11,14,20-21,25H,2-3,6,9,12-13,15-16H2,1H3,(H,23,26)/t20-,21+/m1/s1. The maximum absolute atomic E-state index is 12.3. The molecule has 4 nitrogen and oxygen atoms in total. The highest BCUT2D eigenvalue weighted by Gasteiger charge is 2.26. The van der Waals surface area contributed by atoms with Crippen molar-refractivity contribution in [1.82, 2.24) is 10.2 Å². The van der Waals surface area contributed by atoms with E-state index >= 15 is 0 Å². The number of piperidine rings is 1. The lowest BCUT2D eigenvalue weighted by Crippen LogP contribution is -2.44. The Morgan fingerprint density at radius 3 is 2.88 bits per heavy atom. The van der Waals surface area contributed by atoms with Gasteiger partial charge in [-0.05, 0) is 48.2 Å². The Morgan fingerprint density at radius 2 is 2.08 bits per heavy atom. The number of carbonyl (C=O) groups is 1. The lowest BCUT2D eigenvalue weighted by Gasteiger charge is -2.33. The molecule has 1 aliphatic rings. The Kier molecular flexibility index (Phi) is 6.64. The van der Waals surface area contributed by atoms with E-state index in [4.69, 9.17) is 0 Å². The van der Waals surface area contributed by atoms with Crippen LogP contribution < -0.4 is 5.32 Å². The predicted molar refractivity (Wildman–Crippen MR) is 106 cm³/mol. The molecule has 0 unspecified atom stereocenters. The highest BCUT2D eigenvalue weighted by molar-refractivity contribution is 5.83. The molecular formula is C22H30N2O2. The van der Waals surface area contributed by atoms with Gasteiger partial charge in [-0.1, -0.05) is 49.7 Å². The second kappa shape index (κ2) is 9.15. The zero-order valence-corrected chi connectivity index (χ0v) is 15.7. The number of aliphatic hydroxyl groups excluding tert-OH is 1. The average molecular weight is 354 g/mol. The molecular weight excluding hydrogens is 324 g/mol. The Hall–Kier alpha value is -1.91. The third-order valence-electron chi connectivity index (χ3n) is 5.30. The fourth-order valence-electron chi connectivity index (χ4n) is 3.73. The topological polar surface area (TPSA) is 52.6 Å². The van der Waals surface area contributed by atoms with Crippen molar-refractivity contribution in [1.29, 1.82) is 0 Å². The molecule has 1 saturated heterocycles. The third kappa shape index (κ3) is 4.83. The quantitative estimate of drug-likeness (QED) is 0.748. The number of benzene rings is 2. The van der Waals surface area contributed by atoms with Crippen LogP contribution in [-0.4, -0.2) is 42.1 Å². The first-order chi connectivity index (χ1) is 12.7. The number of amides is 1. The van der Waals surface area contributed by atoms with Gasteiger partial charge in [-0.2, -0.15) is 0 Å². The number of carbonyl (C=O) groups excluding carboxylic acids is 1. The molecule has 0 saturated carbocycles. The van der Waals surface area contributed by atoms with E-state index in [2.05, 4.69) is 41.4 Å². The smallest absolute Gasteiger partial charge is 0.224 e. The summed E-state index contributed by atoms with van der Waals surface area (Å²) in [4.78, 5) is 14.5. The van der Waals surface area contributed by atoms with Crippen molar-refractivity contribution in [2.75, 3.05) is 26.2 Å². The van der Waals surface area contributed by atoms with Crippen LogP contribution >= 0.6 is 0 Å². The Labute approximate surface area is 156 Å². The minimum Gasteiger partial charge on any atom is -0.387 e. The first-order valence-electron chi connectivity index (χ1n) is 9.84. The molecule has 1 aliphatic heterocycles. The zero-order valence-electron chi connectivity index (χ0n) is 15.7. The monoisotopic (exact) mass is 354 g/mol. The normalized spacial score (nSPS) is 19.4. The van der Waals surface area contributed by atoms with E-state index in [9.17, 15) is 9.90 Å². The maximum atomic E-state index is 12.3. The number of hydrogen-bond donors (Lipinski definition) is 2. The number of aliphatic hydroxyl groups is 1. The number of nitrogens with one attached hydrogen (secondary N) is 1. The number of fused-ring (bicyclic) bond motifs is 1. The van der Waals surface area contributed by atoms with Crippen LogP contribution in [0.1, 0.15) is 44.3 Å². The fourth-order valence-corrected chi connectivity index (χ4v) is 3.73. The van der Waals surface area contributed by atoms with Gasteiger partial charge in [0, 0.05) is 19.6 Å². The molecule has 1 fully saturated rings. The highest BCUT2D eigenvalue weighted by atomic mass is 16.3. The molecule has 1 heterocycles. The van der Waals surface area contributed by atoms with Crippen molar-refractivity contribution in [2.45, 2.75) is 38.7 Å². The molecule has 0 spiro atoms. The number of β-amino-alcohol motifs (C(OH)–C–C–N with tert-alkyl or cyclic N) is 1. The lowest BCUT2D eigenvalue weighted by atomic mass is 9.96. The number of unbranched alkanes of at least 4 members (excludes halogenated alkanes) is 1. The average Bonchev–Trinajstić information content (AvgIpc) is 2.68. The first kappa shape index (κ1) is 18.9. The largest absolute Gasteiger partial charge is 0.387 e. The van der Waals surface area contributed by atoms with Gasteiger partial charge in [0.15, 0.2) is 0 Å². The van der Waals surface area contributed by atoms with Gasteiger partial charge in [0.2, 0.25) is 5.91 Å². The van der Waals surface area contributed by atoms with Gasteiger partial charge in [0.25, 0.3) is 0 Å². The van der Waals surface area contributed by atoms with Gasteiger partial charge < -0.3 is 10.4 Å². The number of likely N-dealkylation sites (tertiary alicyclic amines) is 1. The van der Waals surface area contributed by atoms with E-state index in [1.54, 1.807) is 0 Å². The van der Waals surface area contributed by atoms with Crippen molar-refractivity contribution >= 4 is 16.7 Å². The summed E-state index contributed by atoms with van der Waals surface area (Å²) in [5, 5.41) is 16.1. The van der Waals surface area contributed by atoms with Crippen LogP contribution in [0, 0.1) is 5.92 Å². The maximum Gasteiger partial charge on any atom is 0.224 e. The predicted octanol–water partition coefficient (Wildman–Crippen LogP) is 3.50. The SMILES string of the molecule is CCCCNC(=O)[C@@H]1CCCN(C[C@H](O)c2ccc3ccccc3c2)C1. The van der Waals surface area contributed by atoms with E-state index in [0.29, 0.717) is 6.54 Å². The van der Waals surface area contributed by atoms with Gasteiger partial charge in [0.05, 0.1) is 12.0 Å². The number of hydrogen-bond acceptors (Lipinski definition) is 3. The first-order valence-corrected chi connectivity index (χ1v) is 9.84. The van der Waals surface area contributed by atoms with Gasteiger partial charge in [-0.25, -0.2) is 0 Å². The Morgan fingerprint density at radius 1 is 1.27 bits per heavy atom. The summed E-state index contributed by atoms with van der Waals surface area (Å²) in [5.41, 5.74) is 0.943. The van der Waals surface area contributed by atoms with Crippen LogP contribution in [-0.2, 0) is 4.79 Å². The van der Waals surface area contributed by atoms with Crippen molar-refractivity contribution in [3.8, 4) is 0 Å². The van der Waals surface area contributed by atoms with Gasteiger partial charge >= 0.3 is 0 Å². The molecule has 2 aromatic rings. The minimum absolute atomic E-state index is 0.0457. The van der Waals surface area contributed by atoms with Crippen molar-refractivity contribution in [2.24, 2.45) is 5.92 Å². The second-order valence-corrected chi connectivity index (χ2v) is 7.37. The fraction of sp³-hybridized carbons (Fsp3) is 0.500. The molecule has 3 rings (SSSR count). The van der Waals surface area contributed by atoms with E-state index in [1.807, 2.05) is 18.2 Å². The Balaban J connectivity index is 1.57. The van der Waals surface area contributed by atoms with E-state index in [0.717, 1.165) is 56.3 Å². The summed E-state index contributed by atoms with van der Waals surface area (Å²) in [6.45, 7) is 5.16. The van der Waals surface area contributed by atoms with Crippen LogP contribution in [0.4, 0.5) is 0 Å². The molecule has 1 amide bonds. The zero-order chi connectivity index (χ0) is 18.4. The van der Waals surface area contributed by atoms with Crippen LogP contribution in [0.25, 0.3) is 10.8 Å². The molecule has 0 bridgehead atoms. The van der Waals surface area contributed by atoms with E-state index in [1.165, 1.54) is 5.39 Å². The summed E-state index contributed by atoms with van der Waals surface area (Å²) in [6.07, 6.45) is 3.55. The van der Waals surface area contributed by atoms with Crippen LogP contribution in [0.3, 0.4) is 0 Å². The highest BCUT2D eigenvalue weighted by Crippen LogP contribution is 2.23. The number of rotatable bonds is 7. The van der Waals surface area contributed by atoms with Crippen LogP contribution in [0.5, 0.6) is 0 Å². The van der Waals surface area contributed by atoms with Gasteiger partial charge in [-0.3, -0.25) is 9.69 Å².